The fraction of sp³-hybridized carbons (Fsp3) is 0.641. The summed E-state index contributed by atoms with van der Waals surface area (Å²) in [6.07, 6.45) is 79.0. The van der Waals surface area contributed by atoms with Gasteiger partial charge in [0.1, 0.15) is 13.2 Å². The lowest BCUT2D eigenvalue weighted by Gasteiger charge is -2.18. The van der Waals surface area contributed by atoms with Crippen LogP contribution in [0.5, 0.6) is 0 Å². The minimum absolute atomic E-state index is 0.0988. The van der Waals surface area contributed by atoms with Crippen molar-refractivity contribution in [3.05, 3.63) is 122 Å². The summed E-state index contributed by atoms with van der Waals surface area (Å²) in [5.41, 5.74) is 0. The van der Waals surface area contributed by atoms with Gasteiger partial charge in [-0.3, -0.25) is 14.4 Å². The molecule has 70 heavy (non-hydrogen) atoms. The van der Waals surface area contributed by atoms with E-state index in [2.05, 4.69) is 142 Å². The number of hydrogen-bond acceptors (Lipinski definition) is 6. The van der Waals surface area contributed by atoms with Gasteiger partial charge in [0, 0.05) is 19.3 Å². The molecule has 0 aliphatic carbocycles. The maximum absolute atomic E-state index is 12.8. The summed E-state index contributed by atoms with van der Waals surface area (Å²) in [6, 6.07) is 0. The Bertz CT molecular complexity index is 1490. The quantitative estimate of drug-likeness (QED) is 0.0262. The molecular weight excluding hydrogens is 865 g/mol. The molecule has 0 amide bonds. The number of allylic oxidation sites excluding steroid dienone is 20. The zero-order chi connectivity index (χ0) is 50.7. The van der Waals surface area contributed by atoms with E-state index >= 15 is 0 Å². The molecule has 0 spiro atoms. The van der Waals surface area contributed by atoms with Crippen LogP contribution in [0.1, 0.15) is 245 Å². The van der Waals surface area contributed by atoms with Crippen molar-refractivity contribution in [1.29, 1.82) is 0 Å². The molecule has 0 aromatic carbocycles. The van der Waals surface area contributed by atoms with Gasteiger partial charge in [-0.05, 0) is 122 Å². The predicted molar refractivity (Wildman–Crippen MR) is 302 cm³/mol. The standard InChI is InChI=1S/C64H104O6/c1-4-7-10-13-16-19-22-25-27-28-29-30-31-32-33-34-35-36-37-40-42-45-48-51-54-57-63(66)69-60-61(59-68-62(65)56-53-50-47-44-41-38-24-21-18-15-12-9-6-3)70-64(67)58-55-52-49-46-43-39-26-23-20-17-14-11-8-5-2/h7,10,12,14-17,19,21,23-27,29-30,32-33,35-36,61H,4-6,8-9,11,13,18,20,22,28,31,34,37-60H2,1-3H3/b10-7-,15-12-,17-14-,19-16-,24-21-,26-23-,27-25-,30-29-,33-32-,36-35-. The van der Waals surface area contributed by atoms with Crippen LogP contribution in [0.15, 0.2) is 122 Å². The number of hydrogen-bond donors (Lipinski definition) is 0. The third kappa shape index (κ3) is 54.7. The molecule has 0 rings (SSSR count). The van der Waals surface area contributed by atoms with Gasteiger partial charge in [0.2, 0.25) is 0 Å². The molecule has 0 aliphatic heterocycles. The first kappa shape index (κ1) is 65.8. The third-order valence-electron chi connectivity index (χ3n) is 11.7. The van der Waals surface area contributed by atoms with E-state index in [0.717, 1.165) is 167 Å². The van der Waals surface area contributed by atoms with E-state index in [1.807, 2.05) is 0 Å². The van der Waals surface area contributed by atoms with Gasteiger partial charge in [-0.25, -0.2) is 0 Å². The van der Waals surface area contributed by atoms with Crippen LogP contribution in [0, 0.1) is 0 Å². The Balaban J connectivity index is 4.39. The van der Waals surface area contributed by atoms with Crippen molar-refractivity contribution in [2.24, 2.45) is 0 Å². The smallest absolute Gasteiger partial charge is 0.306 e. The van der Waals surface area contributed by atoms with Crippen molar-refractivity contribution in [1.82, 2.24) is 0 Å². The van der Waals surface area contributed by atoms with E-state index in [9.17, 15) is 14.4 Å². The van der Waals surface area contributed by atoms with Crippen molar-refractivity contribution in [2.45, 2.75) is 252 Å². The van der Waals surface area contributed by atoms with E-state index in [4.69, 9.17) is 14.2 Å². The molecule has 1 unspecified atom stereocenters. The SMILES string of the molecule is CC/C=C\C/C=C\C/C=C\C/C=C\C/C=C\C/C=C\CCCCCCCCC(=O)OCC(COC(=O)CCCCCCC/C=C\C/C=C\CCC)OC(=O)CCCCCCC/C=C\C/C=C\CCCC. The number of esters is 3. The molecule has 6 nitrogen and oxygen atoms in total. The summed E-state index contributed by atoms with van der Waals surface area (Å²) >= 11 is 0. The van der Waals surface area contributed by atoms with E-state index in [1.165, 1.54) is 38.5 Å². The van der Waals surface area contributed by atoms with Gasteiger partial charge < -0.3 is 14.2 Å². The van der Waals surface area contributed by atoms with Gasteiger partial charge in [0.15, 0.2) is 6.10 Å². The van der Waals surface area contributed by atoms with Crippen LogP contribution >= 0.6 is 0 Å². The molecule has 0 heterocycles. The van der Waals surface area contributed by atoms with Gasteiger partial charge in [0.05, 0.1) is 0 Å². The van der Waals surface area contributed by atoms with Crippen LogP contribution in [0.3, 0.4) is 0 Å². The minimum atomic E-state index is -0.801. The lowest BCUT2D eigenvalue weighted by Crippen LogP contribution is -2.30. The maximum Gasteiger partial charge on any atom is 0.306 e. The molecule has 1 atom stereocenters. The fourth-order valence-electron chi connectivity index (χ4n) is 7.38. The van der Waals surface area contributed by atoms with Crippen LogP contribution in [0.4, 0.5) is 0 Å². The first-order chi connectivity index (χ1) is 34.5. The largest absolute Gasteiger partial charge is 0.462 e. The Morgan fingerprint density at radius 1 is 0.300 bits per heavy atom. The third-order valence-corrected chi connectivity index (χ3v) is 11.7. The summed E-state index contributed by atoms with van der Waals surface area (Å²) in [4.78, 5) is 38.1. The molecule has 0 radical (unpaired) electrons. The first-order valence-electron chi connectivity index (χ1n) is 28.5. The van der Waals surface area contributed by atoms with E-state index < -0.39 is 6.10 Å². The Morgan fingerprint density at radius 2 is 0.586 bits per heavy atom. The summed E-state index contributed by atoms with van der Waals surface area (Å²) in [5, 5.41) is 0. The minimum Gasteiger partial charge on any atom is -0.462 e. The van der Waals surface area contributed by atoms with Gasteiger partial charge in [0.25, 0.3) is 0 Å². The number of carbonyl (C=O) groups is 3. The van der Waals surface area contributed by atoms with Crippen molar-refractivity contribution < 1.29 is 28.6 Å². The molecule has 0 aromatic heterocycles. The molecule has 6 heteroatoms. The molecule has 0 fully saturated rings. The van der Waals surface area contributed by atoms with Gasteiger partial charge in [-0.1, -0.05) is 226 Å². The van der Waals surface area contributed by atoms with Crippen LogP contribution in [0.25, 0.3) is 0 Å². The number of carbonyl (C=O) groups excluding carboxylic acids is 3. The van der Waals surface area contributed by atoms with Crippen LogP contribution in [0.2, 0.25) is 0 Å². The highest BCUT2D eigenvalue weighted by Gasteiger charge is 2.19. The van der Waals surface area contributed by atoms with Gasteiger partial charge in [-0.2, -0.15) is 0 Å². The number of unbranched alkanes of at least 4 members (excludes halogenated alkanes) is 19. The monoisotopic (exact) mass is 969 g/mol. The number of ether oxygens (including phenoxy) is 3. The normalized spacial score (nSPS) is 13.0. The molecule has 0 bridgehead atoms. The Morgan fingerprint density at radius 3 is 0.929 bits per heavy atom. The van der Waals surface area contributed by atoms with Gasteiger partial charge >= 0.3 is 17.9 Å². The lowest BCUT2D eigenvalue weighted by atomic mass is 10.1. The Labute approximate surface area is 431 Å². The molecule has 0 aliphatic rings. The summed E-state index contributed by atoms with van der Waals surface area (Å²) < 4.78 is 16.8. The average molecular weight is 970 g/mol. The van der Waals surface area contributed by atoms with Crippen molar-refractivity contribution in [3.63, 3.8) is 0 Å². The van der Waals surface area contributed by atoms with Crippen molar-refractivity contribution >= 4 is 17.9 Å². The highest BCUT2D eigenvalue weighted by atomic mass is 16.6. The highest BCUT2D eigenvalue weighted by Crippen LogP contribution is 2.13. The average Bonchev–Trinajstić information content (AvgIpc) is 3.36. The lowest BCUT2D eigenvalue weighted by molar-refractivity contribution is -0.167. The molecule has 396 valence electrons. The van der Waals surface area contributed by atoms with E-state index in [0.29, 0.717) is 19.3 Å². The van der Waals surface area contributed by atoms with Crippen LogP contribution in [-0.4, -0.2) is 37.2 Å². The second-order valence-corrected chi connectivity index (χ2v) is 18.5. The molecular formula is C64H104O6. The summed E-state index contributed by atoms with van der Waals surface area (Å²) in [5.74, 6) is -0.944. The second-order valence-electron chi connectivity index (χ2n) is 18.5. The Kier molecular flexibility index (Phi) is 54.0. The van der Waals surface area contributed by atoms with Crippen LogP contribution < -0.4 is 0 Å². The molecule has 0 N–H and O–H groups in total. The zero-order valence-corrected chi connectivity index (χ0v) is 45.2. The highest BCUT2D eigenvalue weighted by molar-refractivity contribution is 5.71. The van der Waals surface area contributed by atoms with Gasteiger partial charge in [-0.15, -0.1) is 0 Å². The van der Waals surface area contributed by atoms with E-state index in [1.54, 1.807) is 0 Å². The zero-order valence-electron chi connectivity index (χ0n) is 45.2. The molecule has 0 aromatic rings. The van der Waals surface area contributed by atoms with Crippen molar-refractivity contribution in [3.8, 4) is 0 Å². The number of rotatable bonds is 50. The maximum atomic E-state index is 12.8. The fourth-order valence-corrected chi connectivity index (χ4v) is 7.38. The Hall–Kier alpha value is -4.19. The summed E-state index contributed by atoms with van der Waals surface area (Å²) in [7, 11) is 0. The summed E-state index contributed by atoms with van der Waals surface area (Å²) in [6.45, 7) is 6.37. The first-order valence-corrected chi connectivity index (χ1v) is 28.5. The van der Waals surface area contributed by atoms with E-state index in [-0.39, 0.29) is 31.1 Å². The topological polar surface area (TPSA) is 78.9 Å². The van der Waals surface area contributed by atoms with Crippen molar-refractivity contribution in [2.75, 3.05) is 13.2 Å². The molecule has 0 saturated heterocycles. The van der Waals surface area contributed by atoms with Crippen LogP contribution in [-0.2, 0) is 28.6 Å². The second kappa shape index (κ2) is 57.4. The molecule has 0 saturated carbocycles. The predicted octanol–water partition coefficient (Wildman–Crippen LogP) is 19.3.